The second-order valence-electron chi connectivity index (χ2n) is 4.42. The Kier molecular flexibility index (Phi) is 4.95. The molecule has 1 fully saturated rings. The number of hydrogen-bond acceptors (Lipinski definition) is 3. The van der Waals surface area contributed by atoms with Crippen molar-refractivity contribution in [2.24, 2.45) is 0 Å². The number of aromatic nitrogens is 1. The molecular formula is C12H18Cl2N2S. The lowest BCUT2D eigenvalue weighted by Gasteiger charge is -2.33. The van der Waals surface area contributed by atoms with Crippen molar-refractivity contribution in [1.29, 1.82) is 0 Å². The van der Waals surface area contributed by atoms with Crippen LogP contribution in [0.4, 0.5) is 5.13 Å². The standard InChI is InChI=1S/C12H18Cl2N2S/c1-2-16(9-6-4-3-5-7-9)12-15-11(14)10(8-13)17-12/h9H,2-8H2,1H3. The summed E-state index contributed by atoms with van der Waals surface area (Å²) in [4.78, 5) is 7.83. The van der Waals surface area contributed by atoms with Gasteiger partial charge in [0.1, 0.15) is 5.15 Å². The van der Waals surface area contributed by atoms with E-state index in [1.54, 1.807) is 11.3 Å². The third-order valence-electron chi connectivity index (χ3n) is 3.36. The Balaban J connectivity index is 2.15. The first-order valence-corrected chi connectivity index (χ1v) is 7.97. The zero-order chi connectivity index (χ0) is 12.3. The zero-order valence-corrected chi connectivity index (χ0v) is 12.4. The fourth-order valence-corrected chi connectivity index (χ4v) is 4.08. The Morgan fingerprint density at radius 3 is 2.59 bits per heavy atom. The molecule has 0 amide bonds. The normalized spacial score (nSPS) is 17.4. The summed E-state index contributed by atoms with van der Waals surface area (Å²) in [6.07, 6.45) is 6.60. The van der Waals surface area contributed by atoms with Crippen LogP contribution >= 0.6 is 34.5 Å². The molecule has 0 aliphatic heterocycles. The Morgan fingerprint density at radius 2 is 2.06 bits per heavy atom. The van der Waals surface area contributed by atoms with Crippen LogP contribution in [0.15, 0.2) is 0 Å². The molecule has 1 aliphatic carbocycles. The topological polar surface area (TPSA) is 16.1 Å². The van der Waals surface area contributed by atoms with Crippen LogP contribution in [-0.2, 0) is 5.88 Å². The van der Waals surface area contributed by atoms with Crippen LogP contribution in [0.2, 0.25) is 5.15 Å². The second-order valence-corrected chi connectivity index (χ2v) is 6.11. The maximum absolute atomic E-state index is 6.07. The van der Waals surface area contributed by atoms with Crippen molar-refractivity contribution in [2.45, 2.75) is 50.9 Å². The van der Waals surface area contributed by atoms with Gasteiger partial charge in [-0.05, 0) is 19.8 Å². The lowest BCUT2D eigenvalue weighted by atomic mass is 9.94. The molecule has 0 aromatic carbocycles. The van der Waals surface area contributed by atoms with E-state index < -0.39 is 0 Å². The summed E-state index contributed by atoms with van der Waals surface area (Å²) in [5, 5.41) is 1.62. The first kappa shape index (κ1) is 13.4. The molecule has 1 aromatic rings. The molecular weight excluding hydrogens is 275 g/mol. The lowest BCUT2D eigenvalue weighted by molar-refractivity contribution is 0.418. The van der Waals surface area contributed by atoms with Crippen LogP contribution in [0.3, 0.4) is 0 Å². The highest BCUT2D eigenvalue weighted by Gasteiger charge is 2.23. The molecule has 1 saturated carbocycles. The van der Waals surface area contributed by atoms with Crippen LogP contribution in [0, 0.1) is 0 Å². The van der Waals surface area contributed by atoms with Crippen molar-refractivity contribution in [3.05, 3.63) is 10.0 Å². The van der Waals surface area contributed by atoms with Gasteiger partial charge in [-0.1, -0.05) is 42.2 Å². The highest BCUT2D eigenvalue weighted by Crippen LogP contribution is 2.34. The molecule has 1 aromatic heterocycles. The Bertz CT molecular complexity index is 361. The van der Waals surface area contributed by atoms with Gasteiger partial charge in [-0.3, -0.25) is 0 Å². The smallest absolute Gasteiger partial charge is 0.187 e. The number of anilines is 1. The number of halogens is 2. The third kappa shape index (κ3) is 3.07. The van der Waals surface area contributed by atoms with E-state index in [0.717, 1.165) is 16.6 Å². The van der Waals surface area contributed by atoms with Gasteiger partial charge < -0.3 is 4.90 Å². The summed E-state index contributed by atoms with van der Waals surface area (Å²) in [5.74, 6) is 0.457. The van der Waals surface area contributed by atoms with Crippen LogP contribution in [0.1, 0.15) is 43.9 Å². The van der Waals surface area contributed by atoms with Crippen molar-refractivity contribution in [3.8, 4) is 0 Å². The molecule has 1 heterocycles. The fraction of sp³-hybridized carbons (Fsp3) is 0.750. The minimum absolute atomic E-state index is 0.457. The maximum atomic E-state index is 6.07. The van der Waals surface area contributed by atoms with E-state index in [1.807, 2.05) is 0 Å². The predicted octanol–water partition coefficient (Wildman–Crippen LogP) is 4.69. The zero-order valence-electron chi connectivity index (χ0n) is 10.1. The van der Waals surface area contributed by atoms with Crippen molar-refractivity contribution < 1.29 is 0 Å². The molecule has 0 bridgehead atoms. The van der Waals surface area contributed by atoms with Crippen molar-refractivity contribution in [2.75, 3.05) is 11.4 Å². The van der Waals surface area contributed by atoms with E-state index in [0.29, 0.717) is 17.1 Å². The average molecular weight is 293 g/mol. The minimum atomic E-state index is 0.457. The summed E-state index contributed by atoms with van der Waals surface area (Å²) in [5.41, 5.74) is 0. The SMILES string of the molecule is CCN(c1nc(Cl)c(CCl)s1)C1CCCCC1. The van der Waals surface area contributed by atoms with E-state index in [2.05, 4.69) is 16.8 Å². The molecule has 0 atom stereocenters. The third-order valence-corrected chi connectivity index (χ3v) is 5.30. The first-order chi connectivity index (χ1) is 8.26. The van der Waals surface area contributed by atoms with E-state index in [4.69, 9.17) is 23.2 Å². The monoisotopic (exact) mass is 292 g/mol. The molecule has 0 spiro atoms. The highest BCUT2D eigenvalue weighted by molar-refractivity contribution is 7.16. The maximum Gasteiger partial charge on any atom is 0.187 e. The van der Waals surface area contributed by atoms with Crippen LogP contribution in [0.5, 0.6) is 0 Å². The van der Waals surface area contributed by atoms with Crippen LogP contribution < -0.4 is 4.90 Å². The fourth-order valence-electron chi connectivity index (χ4n) is 2.47. The molecule has 0 saturated heterocycles. The highest BCUT2D eigenvalue weighted by atomic mass is 35.5. The number of rotatable bonds is 4. The Hall–Kier alpha value is 0.01000. The van der Waals surface area contributed by atoms with Gasteiger partial charge in [0, 0.05) is 12.6 Å². The molecule has 2 rings (SSSR count). The van der Waals surface area contributed by atoms with E-state index in [1.165, 1.54) is 32.1 Å². The van der Waals surface area contributed by atoms with Gasteiger partial charge in [-0.25, -0.2) is 4.98 Å². The van der Waals surface area contributed by atoms with Gasteiger partial charge in [0.15, 0.2) is 5.13 Å². The first-order valence-electron chi connectivity index (χ1n) is 6.24. The summed E-state index contributed by atoms with van der Waals surface area (Å²) in [6.45, 7) is 3.18. The van der Waals surface area contributed by atoms with E-state index in [9.17, 15) is 0 Å². The van der Waals surface area contributed by atoms with Crippen LogP contribution in [0.25, 0.3) is 0 Å². The van der Waals surface area contributed by atoms with Crippen LogP contribution in [-0.4, -0.2) is 17.6 Å². The summed E-state index contributed by atoms with van der Waals surface area (Å²) < 4.78 is 0. The van der Waals surface area contributed by atoms with Crippen molar-refractivity contribution in [1.82, 2.24) is 4.98 Å². The number of alkyl halides is 1. The molecule has 2 nitrogen and oxygen atoms in total. The van der Waals surface area contributed by atoms with Crippen molar-refractivity contribution in [3.63, 3.8) is 0 Å². The van der Waals surface area contributed by atoms with Gasteiger partial charge in [0.2, 0.25) is 0 Å². The Morgan fingerprint density at radius 1 is 1.35 bits per heavy atom. The molecule has 96 valence electrons. The summed E-state index contributed by atoms with van der Waals surface area (Å²) in [6, 6.07) is 0.638. The summed E-state index contributed by atoms with van der Waals surface area (Å²) >= 11 is 13.6. The number of thiazole rings is 1. The minimum Gasteiger partial charge on any atom is -0.345 e. The molecule has 0 unspecified atom stereocenters. The van der Waals surface area contributed by atoms with Gasteiger partial charge >= 0.3 is 0 Å². The Labute approximate surface area is 117 Å². The van der Waals surface area contributed by atoms with Crippen molar-refractivity contribution >= 4 is 39.7 Å². The number of hydrogen-bond donors (Lipinski definition) is 0. The van der Waals surface area contributed by atoms with Gasteiger partial charge in [0.05, 0.1) is 10.8 Å². The predicted molar refractivity (Wildman–Crippen MR) is 76.6 cm³/mol. The van der Waals surface area contributed by atoms with Gasteiger partial charge in [0.25, 0.3) is 0 Å². The quantitative estimate of drug-likeness (QED) is 0.748. The van der Waals surface area contributed by atoms with Gasteiger partial charge in [-0.15, -0.1) is 11.6 Å². The summed E-state index contributed by atoms with van der Waals surface area (Å²) in [7, 11) is 0. The second kappa shape index (κ2) is 6.26. The lowest BCUT2D eigenvalue weighted by Crippen LogP contribution is -2.36. The van der Waals surface area contributed by atoms with E-state index >= 15 is 0 Å². The average Bonchev–Trinajstić information content (AvgIpc) is 2.73. The van der Waals surface area contributed by atoms with Gasteiger partial charge in [-0.2, -0.15) is 0 Å². The largest absolute Gasteiger partial charge is 0.345 e. The number of nitrogens with zero attached hydrogens (tertiary/aromatic N) is 2. The molecule has 0 radical (unpaired) electrons. The molecule has 0 N–H and O–H groups in total. The molecule has 1 aliphatic rings. The molecule has 5 heteroatoms. The molecule has 17 heavy (non-hydrogen) atoms. The van der Waals surface area contributed by atoms with E-state index in [-0.39, 0.29) is 0 Å².